The van der Waals surface area contributed by atoms with Gasteiger partial charge in [-0.05, 0) is 32.3 Å². The third-order valence-corrected chi connectivity index (χ3v) is 2.45. The molecule has 0 aromatic carbocycles. The van der Waals surface area contributed by atoms with Crippen LogP contribution in [0.4, 0.5) is 0 Å². The summed E-state index contributed by atoms with van der Waals surface area (Å²) in [6.45, 7) is 4.01. The molecule has 2 heterocycles. The summed E-state index contributed by atoms with van der Waals surface area (Å²) in [7, 11) is 0. The molecule has 0 amide bonds. The minimum Gasteiger partial charge on any atom is -0.396 e. The first-order valence-corrected chi connectivity index (χ1v) is 5.66. The topological polar surface area (TPSA) is 63.8 Å². The molecule has 0 spiro atoms. The van der Waals surface area contributed by atoms with Gasteiger partial charge < -0.3 is 5.11 Å². The molecule has 0 radical (unpaired) electrons. The van der Waals surface area contributed by atoms with Crippen molar-refractivity contribution < 1.29 is 5.11 Å². The molecule has 0 aliphatic rings. The molecular weight excluding hydrogens is 216 g/mol. The van der Waals surface area contributed by atoms with Gasteiger partial charge in [-0.2, -0.15) is 5.10 Å². The Bertz CT molecular complexity index is 487. The molecule has 0 saturated carbocycles. The monoisotopic (exact) mass is 232 g/mol. The van der Waals surface area contributed by atoms with E-state index >= 15 is 0 Å². The molecule has 0 atom stereocenters. The van der Waals surface area contributed by atoms with Gasteiger partial charge in [-0.15, -0.1) is 0 Å². The van der Waals surface area contributed by atoms with E-state index in [9.17, 15) is 0 Å². The summed E-state index contributed by atoms with van der Waals surface area (Å²) in [4.78, 5) is 8.57. The second-order valence-electron chi connectivity index (χ2n) is 4.04. The van der Waals surface area contributed by atoms with Crippen LogP contribution < -0.4 is 0 Å². The van der Waals surface area contributed by atoms with Crippen molar-refractivity contribution in [2.24, 2.45) is 0 Å². The highest BCUT2D eigenvalue weighted by Gasteiger charge is 2.04. The Morgan fingerprint density at radius 2 is 2.12 bits per heavy atom. The summed E-state index contributed by atoms with van der Waals surface area (Å²) < 4.78 is 1.74. The van der Waals surface area contributed by atoms with Crippen molar-refractivity contribution in [3.05, 3.63) is 35.5 Å². The van der Waals surface area contributed by atoms with Crippen LogP contribution in [-0.2, 0) is 6.42 Å². The molecule has 0 fully saturated rings. The van der Waals surface area contributed by atoms with Crippen molar-refractivity contribution in [2.45, 2.75) is 26.7 Å². The number of hydrogen-bond donors (Lipinski definition) is 1. The van der Waals surface area contributed by atoms with Gasteiger partial charge in [-0.3, -0.25) is 0 Å². The van der Waals surface area contributed by atoms with Gasteiger partial charge in [0.1, 0.15) is 5.82 Å². The quantitative estimate of drug-likeness (QED) is 0.860. The molecule has 2 aromatic heterocycles. The number of hydrogen-bond acceptors (Lipinski definition) is 4. The SMILES string of the molecule is Cc1cc(-n2cc(CCCO)cn2)nc(C)n1. The van der Waals surface area contributed by atoms with E-state index in [0.717, 1.165) is 35.7 Å². The Morgan fingerprint density at radius 3 is 2.82 bits per heavy atom. The number of aromatic nitrogens is 4. The van der Waals surface area contributed by atoms with Crippen LogP contribution in [-0.4, -0.2) is 31.5 Å². The molecule has 0 unspecified atom stereocenters. The number of aliphatic hydroxyl groups is 1. The van der Waals surface area contributed by atoms with E-state index in [1.54, 1.807) is 4.68 Å². The van der Waals surface area contributed by atoms with Gasteiger partial charge in [0.2, 0.25) is 0 Å². The summed E-state index contributed by atoms with van der Waals surface area (Å²) in [5, 5.41) is 13.0. The number of aryl methyl sites for hydroxylation is 3. The van der Waals surface area contributed by atoms with Crippen LogP contribution in [0.1, 0.15) is 23.5 Å². The van der Waals surface area contributed by atoms with Crippen LogP contribution in [0.2, 0.25) is 0 Å². The smallest absolute Gasteiger partial charge is 0.157 e. The van der Waals surface area contributed by atoms with E-state index in [0.29, 0.717) is 0 Å². The normalized spacial score (nSPS) is 10.8. The zero-order chi connectivity index (χ0) is 12.3. The molecule has 0 saturated heterocycles. The van der Waals surface area contributed by atoms with E-state index in [1.165, 1.54) is 0 Å². The molecule has 2 rings (SSSR count). The zero-order valence-electron chi connectivity index (χ0n) is 10.1. The van der Waals surface area contributed by atoms with Gasteiger partial charge in [0.25, 0.3) is 0 Å². The van der Waals surface area contributed by atoms with Crippen molar-refractivity contribution >= 4 is 0 Å². The number of rotatable bonds is 4. The molecular formula is C12H16N4O. The standard InChI is InChI=1S/C12H16N4O/c1-9-6-12(15-10(2)14-9)16-8-11(7-13-16)4-3-5-17/h6-8,17H,3-5H2,1-2H3. The second kappa shape index (κ2) is 5.05. The van der Waals surface area contributed by atoms with Crippen LogP contribution in [0.3, 0.4) is 0 Å². The summed E-state index contributed by atoms with van der Waals surface area (Å²) in [6, 6.07) is 1.90. The van der Waals surface area contributed by atoms with E-state index in [2.05, 4.69) is 15.1 Å². The lowest BCUT2D eigenvalue weighted by Gasteiger charge is -2.02. The maximum Gasteiger partial charge on any atom is 0.157 e. The molecule has 0 aliphatic heterocycles. The first-order valence-electron chi connectivity index (χ1n) is 5.66. The van der Waals surface area contributed by atoms with E-state index < -0.39 is 0 Å². The molecule has 0 aliphatic carbocycles. The Hall–Kier alpha value is -1.75. The fourth-order valence-corrected chi connectivity index (χ4v) is 1.71. The fraction of sp³-hybridized carbons (Fsp3) is 0.417. The largest absolute Gasteiger partial charge is 0.396 e. The molecule has 1 N–H and O–H groups in total. The lowest BCUT2D eigenvalue weighted by Crippen LogP contribution is -2.02. The number of aliphatic hydroxyl groups excluding tert-OH is 1. The van der Waals surface area contributed by atoms with Gasteiger partial charge in [-0.1, -0.05) is 0 Å². The van der Waals surface area contributed by atoms with Gasteiger partial charge >= 0.3 is 0 Å². The highest BCUT2D eigenvalue weighted by atomic mass is 16.2. The van der Waals surface area contributed by atoms with Crippen LogP contribution in [0, 0.1) is 13.8 Å². The first-order chi connectivity index (χ1) is 8.19. The maximum atomic E-state index is 8.78. The minimum atomic E-state index is 0.205. The third-order valence-electron chi connectivity index (χ3n) is 2.45. The fourth-order valence-electron chi connectivity index (χ4n) is 1.71. The van der Waals surface area contributed by atoms with Gasteiger partial charge in [0, 0.05) is 24.6 Å². The van der Waals surface area contributed by atoms with Gasteiger partial charge in [0.05, 0.1) is 6.20 Å². The lowest BCUT2D eigenvalue weighted by molar-refractivity contribution is 0.288. The molecule has 2 aromatic rings. The number of nitrogens with zero attached hydrogens (tertiary/aromatic N) is 4. The van der Waals surface area contributed by atoms with E-state index in [1.807, 2.05) is 32.3 Å². The average Bonchev–Trinajstić information content (AvgIpc) is 2.73. The Balaban J connectivity index is 2.24. The van der Waals surface area contributed by atoms with Crippen molar-refractivity contribution in [1.29, 1.82) is 0 Å². The molecule has 90 valence electrons. The summed E-state index contributed by atoms with van der Waals surface area (Å²) in [6.07, 6.45) is 5.34. The average molecular weight is 232 g/mol. The van der Waals surface area contributed by atoms with Crippen molar-refractivity contribution in [2.75, 3.05) is 6.61 Å². The second-order valence-corrected chi connectivity index (χ2v) is 4.04. The van der Waals surface area contributed by atoms with E-state index in [-0.39, 0.29) is 6.61 Å². The van der Waals surface area contributed by atoms with Crippen LogP contribution in [0.25, 0.3) is 5.82 Å². The van der Waals surface area contributed by atoms with Crippen LogP contribution >= 0.6 is 0 Å². The van der Waals surface area contributed by atoms with Crippen LogP contribution in [0.5, 0.6) is 0 Å². The van der Waals surface area contributed by atoms with Crippen molar-refractivity contribution in [3.8, 4) is 5.82 Å². The highest BCUT2D eigenvalue weighted by molar-refractivity contribution is 5.25. The molecule has 5 heteroatoms. The first kappa shape index (κ1) is 11.7. The van der Waals surface area contributed by atoms with Crippen molar-refractivity contribution in [3.63, 3.8) is 0 Å². The lowest BCUT2D eigenvalue weighted by atomic mass is 10.2. The predicted molar refractivity (Wildman–Crippen MR) is 64.0 cm³/mol. The summed E-state index contributed by atoms with van der Waals surface area (Å²) in [5.74, 6) is 1.53. The highest BCUT2D eigenvalue weighted by Crippen LogP contribution is 2.08. The predicted octanol–water partition coefficient (Wildman–Crippen LogP) is 1.20. The summed E-state index contributed by atoms with van der Waals surface area (Å²) >= 11 is 0. The minimum absolute atomic E-state index is 0.205. The molecule has 5 nitrogen and oxygen atoms in total. The Kier molecular flexibility index (Phi) is 3.49. The summed E-state index contributed by atoms with van der Waals surface area (Å²) in [5.41, 5.74) is 2.04. The Morgan fingerprint density at radius 1 is 1.29 bits per heavy atom. The van der Waals surface area contributed by atoms with E-state index in [4.69, 9.17) is 5.11 Å². The van der Waals surface area contributed by atoms with Gasteiger partial charge in [-0.25, -0.2) is 14.6 Å². The molecule has 17 heavy (non-hydrogen) atoms. The Labute approximate surface area is 100 Å². The van der Waals surface area contributed by atoms with Gasteiger partial charge in [0.15, 0.2) is 5.82 Å². The zero-order valence-corrected chi connectivity index (χ0v) is 10.1. The van der Waals surface area contributed by atoms with Crippen LogP contribution in [0.15, 0.2) is 18.5 Å². The third kappa shape index (κ3) is 2.88. The maximum absolute atomic E-state index is 8.78. The van der Waals surface area contributed by atoms with Crippen molar-refractivity contribution in [1.82, 2.24) is 19.7 Å². The molecule has 0 bridgehead atoms.